The summed E-state index contributed by atoms with van der Waals surface area (Å²) in [6.45, 7) is 3.01. The maximum Gasteiger partial charge on any atom is 0.245 e. The van der Waals surface area contributed by atoms with E-state index in [1.165, 1.54) is 0 Å². The summed E-state index contributed by atoms with van der Waals surface area (Å²) in [6, 6.07) is 14.6. The van der Waals surface area contributed by atoms with Gasteiger partial charge < -0.3 is 15.4 Å². The van der Waals surface area contributed by atoms with Crippen molar-refractivity contribution in [1.29, 1.82) is 0 Å². The average molecular weight is 425 g/mol. The fourth-order valence-corrected chi connectivity index (χ4v) is 4.52. The van der Waals surface area contributed by atoms with Gasteiger partial charge in [0, 0.05) is 11.9 Å². The van der Waals surface area contributed by atoms with E-state index < -0.39 is 20.5 Å². The van der Waals surface area contributed by atoms with Crippen molar-refractivity contribution in [2.24, 2.45) is 0 Å². The number of amides is 1. The molecule has 1 aliphatic heterocycles. The molecule has 0 spiro atoms. The molecular formula is C20H25ClN2O4S. The number of hydrogen-bond donors (Lipinski definition) is 2. The standard InChI is InChI=1S/C20H24N2O4S.ClH/c1-15-3-7-17(8-4-15)26-18-9-5-16(6-10-18)22-19(23)20(27(2,24)25)11-13-21-14-12-20;/h3-10,21H,11-14H2,1-2H3,(H,22,23);1H. The minimum Gasteiger partial charge on any atom is -0.457 e. The van der Waals surface area contributed by atoms with Gasteiger partial charge in [0.1, 0.15) is 11.5 Å². The van der Waals surface area contributed by atoms with Crippen LogP contribution < -0.4 is 15.4 Å². The van der Waals surface area contributed by atoms with Crippen LogP contribution in [0.15, 0.2) is 48.5 Å². The number of sulfone groups is 1. The number of halogens is 1. The number of aryl methyl sites for hydroxylation is 1. The van der Waals surface area contributed by atoms with Gasteiger partial charge in [-0.1, -0.05) is 17.7 Å². The molecular weight excluding hydrogens is 400 g/mol. The van der Waals surface area contributed by atoms with Gasteiger partial charge in [0.2, 0.25) is 5.91 Å². The Morgan fingerprint density at radius 2 is 1.50 bits per heavy atom. The summed E-state index contributed by atoms with van der Waals surface area (Å²) < 4.78 is 29.0. The van der Waals surface area contributed by atoms with Crippen LogP contribution in [-0.2, 0) is 14.6 Å². The Bertz CT molecular complexity index is 906. The molecule has 152 valence electrons. The number of ether oxygens (including phenoxy) is 1. The van der Waals surface area contributed by atoms with Crippen LogP contribution in [0, 0.1) is 6.92 Å². The molecule has 0 saturated carbocycles. The molecule has 0 unspecified atom stereocenters. The molecule has 0 radical (unpaired) electrons. The Morgan fingerprint density at radius 1 is 1.00 bits per heavy atom. The van der Waals surface area contributed by atoms with Gasteiger partial charge in [-0.2, -0.15) is 0 Å². The lowest BCUT2D eigenvalue weighted by Gasteiger charge is -2.34. The largest absolute Gasteiger partial charge is 0.457 e. The molecule has 1 saturated heterocycles. The van der Waals surface area contributed by atoms with E-state index in [0.717, 1.165) is 17.6 Å². The highest BCUT2D eigenvalue weighted by atomic mass is 35.5. The number of piperidine rings is 1. The van der Waals surface area contributed by atoms with Crippen LogP contribution in [0.3, 0.4) is 0 Å². The Morgan fingerprint density at radius 3 is 2.00 bits per heavy atom. The van der Waals surface area contributed by atoms with Crippen LogP contribution in [-0.4, -0.2) is 38.4 Å². The zero-order chi connectivity index (χ0) is 19.5. The third-order valence-corrected chi connectivity index (χ3v) is 6.92. The first kappa shape index (κ1) is 22.2. The number of nitrogens with one attached hydrogen (secondary N) is 2. The van der Waals surface area contributed by atoms with Crippen molar-refractivity contribution in [2.75, 3.05) is 24.7 Å². The highest BCUT2D eigenvalue weighted by Gasteiger charge is 2.48. The van der Waals surface area contributed by atoms with E-state index in [1.807, 2.05) is 31.2 Å². The summed E-state index contributed by atoms with van der Waals surface area (Å²) in [5.74, 6) is 0.887. The Balaban J connectivity index is 0.00000280. The topological polar surface area (TPSA) is 84.5 Å². The third kappa shape index (κ3) is 4.84. The van der Waals surface area contributed by atoms with E-state index in [1.54, 1.807) is 24.3 Å². The first-order chi connectivity index (χ1) is 12.8. The molecule has 0 aromatic heterocycles. The minimum atomic E-state index is -3.54. The number of hydrogen-bond acceptors (Lipinski definition) is 5. The molecule has 2 aromatic carbocycles. The van der Waals surface area contributed by atoms with E-state index in [0.29, 0.717) is 24.5 Å². The van der Waals surface area contributed by atoms with Crippen LogP contribution in [0.25, 0.3) is 0 Å². The highest BCUT2D eigenvalue weighted by Crippen LogP contribution is 2.30. The van der Waals surface area contributed by atoms with Crippen LogP contribution in [0.4, 0.5) is 5.69 Å². The van der Waals surface area contributed by atoms with Crippen LogP contribution >= 0.6 is 12.4 Å². The van der Waals surface area contributed by atoms with Crippen LogP contribution in [0.5, 0.6) is 11.5 Å². The smallest absolute Gasteiger partial charge is 0.245 e. The van der Waals surface area contributed by atoms with E-state index in [2.05, 4.69) is 10.6 Å². The van der Waals surface area contributed by atoms with Crippen molar-refractivity contribution in [3.8, 4) is 11.5 Å². The van der Waals surface area contributed by atoms with Crippen molar-refractivity contribution in [1.82, 2.24) is 5.32 Å². The molecule has 1 heterocycles. The second kappa shape index (κ2) is 8.94. The third-order valence-electron chi connectivity index (χ3n) is 4.90. The second-order valence-corrected chi connectivity index (χ2v) is 9.24. The Kier molecular flexibility index (Phi) is 7.09. The molecule has 0 aliphatic carbocycles. The molecule has 3 rings (SSSR count). The normalized spacial score (nSPS) is 15.9. The van der Waals surface area contributed by atoms with Crippen molar-refractivity contribution < 1.29 is 17.9 Å². The molecule has 1 amide bonds. The highest BCUT2D eigenvalue weighted by molar-refractivity contribution is 7.92. The summed E-state index contributed by atoms with van der Waals surface area (Å²) >= 11 is 0. The molecule has 1 aliphatic rings. The molecule has 2 N–H and O–H groups in total. The molecule has 1 fully saturated rings. The zero-order valence-electron chi connectivity index (χ0n) is 15.9. The second-order valence-electron chi connectivity index (χ2n) is 6.91. The van der Waals surface area contributed by atoms with E-state index in [4.69, 9.17) is 4.74 Å². The molecule has 6 nitrogen and oxygen atoms in total. The van der Waals surface area contributed by atoms with Gasteiger partial charge in [-0.15, -0.1) is 12.4 Å². The maximum absolute atomic E-state index is 12.8. The molecule has 8 heteroatoms. The molecule has 0 bridgehead atoms. The summed E-state index contributed by atoms with van der Waals surface area (Å²) in [4.78, 5) is 12.8. The van der Waals surface area contributed by atoms with Crippen molar-refractivity contribution in [3.63, 3.8) is 0 Å². The molecule has 2 aromatic rings. The zero-order valence-corrected chi connectivity index (χ0v) is 17.5. The monoisotopic (exact) mass is 424 g/mol. The predicted molar refractivity (Wildman–Crippen MR) is 113 cm³/mol. The van der Waals surface area contributed by atoms with Crippen LogP contribution in [0.2, 0.25) is 0 Å². The first-order valence-electron chi connectivity index (χ1n) is 8.87. The van der Waals surface area contributed by atoms with E-state index in [9.17, 15) is 13.2 Å². The van der Waals surface area contributed by atoms with Gasteiger partial charge in [-0.25, -0.2) is 8.42 Å². The fraction of sp³-hybridized carbons (Fsp3) is 0.350. The molecule has 0 atom stereocenters. The summed E-state index contributed by atoms with van der Waals surface area (Å²) in [6.07, 6.45) is 1.68. The lowest BCUT2D eigenvalue weighted by Crippen LogP contribution is -2.55. The van der Waals surface area contributed by atoms with Gasteiger partial charge in [0.15, 0.2) is 14.6 Å². The minimum absolute atomic E-state index is 0. The summed E-state index contributed by atoms with van der Waals surface area (Å²) in [5.41, 5.74) is 1.69. The van der Waals surface area contributed by atoms with E-state index >= 15 is 0 Å². The van der Waals surface area contributed by atoms with Crippen molar-refractivity contribution >= 4 is 33.8 Å². The maximum atomic E-state index is 12.8. The van der Waals surface area contributed by atoms with Gasteiger partial charge in [0.25, 0.3) is 0 Å². The lowest BCUT2D eigenvalue weighted by molar-refractivity contribution is -0.119. The number of anilines is 1. The quantitative estimate of drug-likeness (QED) is 0.769. The van der Waals surface area contributed by atoms with Crippen LogP contribution in [0.1, 0.15) is 18.4 Å². The lowest BCUT2D eigenvalue weighted by atomic mass is 9.95. The van der Waals surface area contributed by atoms with Gasteiger partial charge in [0.05, 0.1) is 0 Å². The van der Waals surface area contributed by atoms with Gasteiger partial charge in [-0.05, 0) is 69.3 Å². The van der Waals surface area contributed by atoms with Crippen molar-refractivity contribution in [2.45, 2.75) is 24.5 Å². The summed E-state index contributed by atoms with van der Waals surface area (Å²) in [5, 5.41) is 5.86. The number of carbonyl (C=O) groups is 1. The predicted octanol–water partition coefficient (Wildman–Crippen LogP) is 3.31. The number of rotatable bonds is 5. The Labute approximate surface area is 172 Å². The van der Waals surface area contributed by atoms with Crippen molar-refractivity contribution in [3.05, 3.63) is 54.1 Å². The Hall–Kier alpha value is -2.09. The fourth-order valence-electron chi connectivity index (χ4n) is 3.19. The SMILES string of the molecule is Cc1ccc(Oc2ccc(NC(=O)C3(S(C)(=O)=O)CCNCC3)cc2)cc1.Cl. The summed E-state index contributed by atoms with van der Waals surface area (Å²) in [7, 11) is -3.54. The van der Waals surface area contributed by atoms with Gasteiger partial charge in [-0.3, -0.25) is 4.79 Å². The first-order valence-corrected chi connectivity index (χ1v) is 10.8. The van der Waals surface area contributed by atoms with Gasteiger partial charge >= 0.3 is 0 Å². The average Bonchev–Trinajstić information content (AvgIpc) is 2.65. The number of carbonyl (C=O) groups excluding carboxylic acids is 1. The van der Waals surface area contributed by atoms with E-state index in [-0.39, 0.29) is 25.2 Å². The number of benzene rings is 2. The molecule has 28 heavy (non-hydrogen) atoms.